The molecule has 4 rings (SSSR count). The zero-order valence-electron chi connectivity index (χ0n) is 15.4. The second-order valence-electron chi connectivity index (χ2n) is 7.66. The third kappa shape index (κ3) is 3.60. The minimum atomic E-state index is -0.416. The number of para-hydroxylation sites is 1. The lowest BCUT2D eigenvalue weighted by molar-refractivity contribution is -0.136. The Labute approximate surface area is 153 Å². The number of nitrogens with zero attached hydrogens (tertiary/aromatic N) is 3. The first kappa shape index (κ1) is 17.1. The Bertz CT molecular complexity index is 763. The van der Waals surface area contributed by atoms with Gasteiger partial charge in [0.25, 0.3) is 5.91 Å². The molecule has 2 aliphatic rings. The summed E-state index contributed by atoms with van der Waals surface area (Å²) in [5, 5.41) is 4.49. The smallest absolute Gasteiger partial charge is 0.274 e. The molecule has 0 saturated carbocycles. The summed E-state index contributed by atoms with van der Waals surface area (Å²) >= 11 is 0. The van der Waals surface area contributed by atoms with Gasteiger partial charge in [0, 0.05) is 18.8 Å². The summed E-state index contributed by atoms with van der Waals surface area (Å²) in [6.45, 7) is 6.40. The largest absolute Gasteiger partial charge is 0.491 e. The number of aryl methyl sites for hydroxylation is 2. The van der Waals surface area contributed by atoms with E-state index in [1.807, 2.05) is 59.8 Å². The lowest BCUT2D eigenvalue weighted by Gasteiger charge is -2.42. The van der Waals surface area contributed by atoms with Crippen LogP contribution in [0.4, 0.5) is 0 Å². The van der Waals surface area contributed by atoms with Crippen LogP contribution in [0.15, 0.2) is 36.4 Å². The van der Waals surface area contributed by atoms with E-state index in [9.17, 15) is 4.79 Å². The first-order valence-corrected chi connectivity index (χ1v) is 9.22. The fourth-order valence-corrected chi connectivity index (χ4v) is 3.77. The molecule has 6 heteroatoms. The van der Waals surface area contributed by atoms with Gasteiger partial charge in [0.15, 0.2) is 5.69 Å². The number of carbonyl (C=O) groups excluding carboxylic acids is 1. The van der Waals surface area contributed by atoms with Crippen LogP contribution in [0.1, 0.15) is 36.5 Å². The highest BCUT2D eigenvalue weighted by molar-refractivity contribution is 5.92. The Morgan fingerprint density at radius 2 is 2.15 bits per heavy atom. The summed E-state index contributed by atoms with van der Waals surface area (Å²) in [4.78, 5) is 14.8. The molecule has 2 aromatic rings. The molecule has 0 bridgehead atoms. The standard InChI is InChI=1S/C20H25N3O3/c1-20(2)14-22(19(24)18-11-15-7-6-10-23(15)21-18)12-17(26-20)13-25-16-8-4-3-5-9-16/h3-5,8-9,11,17H,6-7,10,12-14H2,1-2H3. The zero-order valence-corrected chi connectivity index (χ0v) is 15.4. The van der Waals surface area contributed by atoms with E-state index >= 15 is 0 Å². The van der Waals surface area contributed by atoms with Crippen LogP contribution < -0.4 is 4.74 Å². The summed E-state index contributed by atoms with van der Waals surface area (Å²) in [5.74, 6) is 0.788. The van der Waals surface area contributed by atoms with Gasteiger partial charge in [-0.15, -0.1) is 0 Å². The van der Waals surface area contributed by atoms with Crippen LogP contribution in [-0.4, -0.2) is 52.0 Å². The van der Waals surface area contributed by atoms with Crippen molar-refractivity contribution in [1.29, 1.82) is 0 Å². The fraction of sp³-hybridized carbons (Fsp3) is 0.500. The van der Waals surface area contributed by atoms with Gasteiger partial charge in [-0.1, -0.05) is 18.2 Å². The van der Waals surface area contributed by atoms with Crippen molar-refractivity contribution in [1.82, 2.24) is 14.7 Å². The molecular formula is C20H25N3O3. The van der Waals surface area contributed by atoms with E-state index in [0.29, 0.717) is 25.4 Å². The van der Waals surface area contributed by atoms with Crippen molar-refractivity contribution in [3.8, 4) is 5.75 Å². The molecule has 1 fully saturated rings. The Hall–Kier alpha value is -2.34. The van der Waals surface area contributed by atoms with E-state index in [2.05, 4.69) is 5.10 Å². The summed E-state index contributed by atoms with van der Waals surface area (Å²) < 4.78 is 13.9. The summed E-state index contributed by atoms with van der Waals surface area (Å²) in [6.07, 6.45) is 1.94. The molecule has 0 N–H and O–H groups in total. The summed E-state index contributed by atoms with van der Waals surface area (Å²) in [6, 6.07) is 11.6. The van der Waals surface area contributed by atoms with Crippen LogP contribution in [0.5, 0.6) is 5.75 Å². The molecule has 0 radical (unpaired) electrons. The molecule has 1 atom stereocenters. The number of fused-ring (bicyclic) bond motifs is 1. The molecule has 0 spiro atoms. The van der Waals surface area contributed by atoms with Gasteiger partial charge in [-0.3, -0.25) is 9.48 Å². The maximum absolute atomic E-state index is 13.0. The van der Waals surface area contributed by atoms with Gasteiger partial charge in [0.05, 0.1) is 12.1 Å². The van der Waals surface area contributed by atoms with Crippen molar-refractivity contribution in [3.63, 3.8) is 0 Å². The Kier molecular flexibility index (Phi) is 4.44. The van der Waals surface area contributed by atoms with Crippen molar-refractivity contribution in [2.75, 3.05) is 19.7 Å². The quantitative estimate of drug-likeness (QED) is 0.846. The van der Waals surface area contributed by atoms with Crippen molar-refractivity contribution in [2.45, 2.75) is 44.9 Å². The first-order valence-electron chi connectivity index (χ1n) is 9.22. The minimum absolute atomic E-state index is 0.0204. The second kappa shape index (κ2) is 6.76. The van der Waals surface area contributed by atoms with Gasteiger partial charge in [0.2, 0.25) is 0 Å². The van der Waals surface area contributed by atoms with Gasteiger partial charge in [-0.25, -0.2) is 0 Å². The van der Waals surface area contributed by atoms with Gasteiger partial charge in [0.1, 0.15) is 18.5 Å². The number of benzene rings is 1. The maximum atomic E-state index is 13.0. The molecule has 0 aliphatic carbocycles. The lowest BCUT2D eigenvalue weighted by Crippen LogP contribution is -2.56. The van der Waals surface area contributed by atoms with Crippen LogP contribution in [-0.2, 0) is 17.7 Å². The molecule has 1 amide bonds. The van der Waals surface area contributed by atoms with Crippen molar-refractivity contribution in [3.05, 3.63) is 47.8 Å². The molecule has 3 heterocycles. The van der Waals surface area contributed by atoms with Crippen molar-refractivity contribution >= 4 is 5.91 Å². The molecule has 2 aliphatic heterocycles. The molecule has 26 heavy (non-hydrogen) atoms. The van der Waals surface area contributed by atoms with Crippen LogP contribution in [0.25, 0.3) is 0 Å². The highest BCUT2D eigenvalue weighted by Gasteiger charge is 2.37. The van der Waals surface area contributed by atoms with E-state index in [1.165, 1.54) is 0 Å². The van der Waals surface area contributed by atoms with Gasteiger partial charge >= 0.3 is 0 Å². The number of morpholine rings is 1. The van der Waals surface area contributed by atoms with Crippen LogP contribution in [0.2, 0.25) is 0 Å². The number of hydrogen-bond donors (Lipinski definition) is 0. The predicted molar refractivity (Wildman–Crippen MR) is 97.3 cm³/mol. The molecule has 1 aromatic heterocycles. The molecule has 138 valence electrons. The third-order valence-electron chi connectivity index (χ3n) is 4.83. The van der Waals surface area contributed by atoms with Crippen molar-refractivity contribution < 1.29 is 14.3 Å². The number of amides is 1. The highest BCUT2D eigenvalue weighted by atomic mass is 16.5. The number of hydrogen-bond acceptors (Lipinski definition) is 4. The molecule has 1 unspecified atom stereocenters. The van der Waals surface area contributed by atoms with Crippen molar-refractivity contribution in [2.24, 2.45) is 0 Å². The maximum Gasteiger partial charge on any atom is 0.274 e. The Morgan fingerprint density at radius 1 is 1.35 bits per heavy atom. The normalized spacial score (nSPS) is 21.5. The molecule has 1 saturated heterocycles. The predicted octanol–water partition coefficient (Wildman–Crippen LogP) is 2.53. The Balaban J connectivity index is 1.44. The monoisotopic (exact) mass is 355 g/mol. The lowest BCUT2D eigenvalue weighted by atomic mass is 10.0. The van der Waals surface area contributed by atoms with Gasteiger partial charge < -0.3 is 14.4 Å². The third-order valence-corrected chi connectivity index (χ3v) is 4.83. The molecular weight excluding hydrogens is 330 g/mol. The van der Waals surface area contributed by atoms with Crippen LogP contribution >= 0.6 is 0 Å². The first-order chi connectivity index (χ1) is 12.5. The Morgan fingerprint density at radius 3 is 2.92 bits per heavy atom. The SMILES string of the molecule is CC1(C)CN(C(=O)c2cc3n(n2)CCC3)CC(COc2ccccc2)O1. The van der Waals surface area contributed by atoms with E-state index in [0.717, 1.165) is 30.8 Å². The van der Waals surface area contributed by atoms with E-state index in [1.54, 1.807) is 0 Å². The molecule has 6 nitrogen and oxygen atoms in total. The minimum Gasteiger partial charge on any atom is -0.491 e. The molecule has 1 aromatic carbocycles. The van der Waals surface area contributed by atoms with E-state index < -0.39 is 5.60 Å². The second-order valence-corrected chi connectivity index (χ2v) is 7.66. The summed E-state index contributed by atoms with van der Waals surface area (Å²) in [7, 11) is 0. The van der Waals surface area contributed by atoms with E-state index in [-0.39, 0.29) is 12.0 Å². The number of ether oxygens (including phenoxy) is 2. The zero-order chi connectivity index (χ0) is 18.1. The fourth-order valence-electron chi connectivity index (χ4n) is 3.77. The topological polar surface area (TPSA) is 56.6 Å². The highest BCUT2D eigenvalue weighted by Crippen LogP contribution is 2.24. The number of rotatable bonds is 4. The van der Waals surface area contributed by atoms with E-state index in [4.69, 9.17) is 9.47 Å². The van der Waals surface area contributed by atoms with Gasteiger partial charge in [-0.2, -0.15) is 5.10 Å². The van der Waals surface area contributed by atoms with Gasteiger partial charge in [-0.05, 0) is 44.9 Å². The van der Waals surface area contributed by atoms with Crippen LogP contribution in [0, 0.1) is 0 Å². The number of carbonyl (C=O) groups is 1. The average molecular weight is 355 g/mol. The average Bonchev–Trinajstić information content (AvgIpc) is 3.21. The summed E-state index contributed by atoms with van der Waals surface area (Å²) in [5.41, 5.74) is 1.28. The number of aromatic nitrogens is 2. The van der Waals surface area contributed by atoms with Crippen LogP contribution in [0.3, 0.4) is 0 Å².